The number of furan rings is 1. The number of amides is 2. The van der Waals surface area contributed by atoms with Crippen molar-refractivity contribution >= 4 is 28.2 Å². The molecular weight excluding hydrogens is 398 g/mol. The Kier molecular flexibility index (Phi) is 5.77. The van der Waals surface area contributed by atoms with E-state index in [1.54, 1.807) is 23.5 Å². The summed E-state index contributed by atoms with van der Waals surface area (Å²) in [6.07, 6.45) is 4.42. The van der Waals surface area contributed by atoms with Crippen molar-refractivity contribution in [3.8, 4) is 0 Å². The highest BCUT2D eigenvalue weighted by atomic mass is 32.1. The lowest BCUT2D eigenvalue weighted by Crippen LogP contribution is -3.12. The molecule has 1 aliphatic carbocycles. The van der Waals surface area contributed by atoms with E-state index in [0.717, 1.165) is 51.0 Å². The second kappa shape index (κ2) is 8.19. The number of hydrogen-bond acceptors (Lipinski definition) is 4. The van der Waals surface area contributed by atoms with Crippen LogP contribution in [-0.4, -0.2) is 49.9 Å². The van der Waals surface area contributed by atoms with Crippen LogP contribution < -0.4 is 10.2 Å². The van der Waals surface area contributed by atoms with E-state index in [4.69, 9.17) is 4.42 Å². The highest BCUT2D eigenvalue weighted by molar-refractivity contribution is 7.17. The summed E-state index contributed by atoms with van der Waals surface area (Å²) < 4.78 is 5.25. The van der Waals surface area contributed by atoms with Gasteiger partial charge in [0.1, 0.15) is 5.00 Å². The molecule has 0 aromatic carbocycles. The molecule has 2 aliphatic rings. The zero-order valence-corrected chi connectivity index (χ0v) is 19.2. The first kappa shape index (κ1) is 21.1. The van der Waals surface area contributed by atoms with Gasteiger partial charge in [-0.15, -0.1) is 11.3 Å². The number of likely N-dealkylation sites (N-methyl/N-ethyl adjacent to an activating group) is 1. The highest BCUT2D eigenvalue weighted by Crippen LogP contribution is 2.44. The molecule has 3 heterocycles. The average molecular weight is 431 g/mol. The van der Waals surface area contributed by atoms with Crippen LogP contribution in [0.25, 0.3) is 0 Å². The number of carbonyl (C=O) groups is 2. The number of piperazine rings is 1. The minimum absolute atomic E-state index is 0.0592. The minimum atomic E-state index is -0.303. The maximum atomic E-state index is 13.6. The van der Waals surface area contributed by atoms with Crippen molar-refractivity contribution in [1.29, 1.82) is 0 Å². The second-order valence-corrected chi connectivity index (χ2v) is 10.8. The molecule has 0 radical (unpaired) electrons. The lowest BCUT2D eigenvalue weighted by Gasteiger charge is -2.34. The van der Waals surface area contributed by atoms with Crippen LogP contribution in [0.2, 0.25) is 0 Å². The first-order chi connectivity index (χ1) is 14.2. The number of quaternary nitrogens is 1. The maximum Gasteiger partial charge on any atom is 0.291 e. The Labute approximate surface area is 182 Å². The molecule has 0 unspecified atom stereocenters. The molecule has 1 saturated heterocycles. The predicted molar refractivity (Wildman–Crippen MR) is 118 cm³/mol. The summed E-state index contributed by atoms with van der Waals surface area (Å²) in [7, 11) is 2.16. The van der Waals surface area contributed by atoms with Crippen LogP contribution in [0.3, 0.4) is 0 Å². The van der Waals surface area contributed by atoms with E-state index in [2.05, 4.69) is 33.1 Å². The molecule has 162 valence electrons. The summed E-state index contributed by atoms with van der Waals surface area (Å²) in [6, 6.07) is 3.34. The molecule has 0 saturated carbocycles. The SMILES string of the molecule is C[NH+]1CCN(C(=O)c2c(NC(=O)c3ccco3)sc3c2CC[C@H](C(C)(C)C)C3)CC1. The van der Waals surface area contributed by atoms with Gasteiger partial charge in [-0.3, -0.25) is 9.59 Å². The fourth-order valence-corrected chi connectivity index (χ4v) is 5.78. The van der Waals surface area contributed by atoms with Gasteiger partial charge in [-0.25, -0.2) is 0 Å². The first-order valence-electron chi connectivity index (χ1n) is 10.8. The van der Waals surface area contributed by atoms with Crippen LogP contribution >= 0.6 is 11.3 Å². The number of nitrogens with one attached hydrogen (secondary N) is 2. The third kappa shape index (κ3) is 4.18. The molecule has 7 heteroatoms. The summed E-state index contributed by atoms with van der Waals surface area (Å²) in [5.74, 6) is 0.592. The smallest absolute Gasteiger partial charge is 0.291 e. The number of anilines is 1. The number of hydrogen-bond donors (Lipinski definition) is 2. The van der Waals surface area contributed by atoms with Crippen molar-refractivity contribution in [1.82, 2.24) is 4.90 Å². The van der Waals surface area contributed by atoms with E-state index in [9.17, 15) is 9.59 Å². The zero-order valence-electron chi connectivity index (χ0n) is 18.3. The Morgan fingerprint density at radius 3 is 2.63 bits per heavy atom. The van der Waals surface area contributed by atoms with Gasteiger partial charge in [0.05, 0.1) is 45.1 Å². The zero-order chi connectivity index (χ0) is 21.5. The quantitative estimate of drug-likeness (QED) is 0.787. The Bertz CT molecular complexity index is 918. The summed E-state index contributed by atoms with van der Waals surface area (Å²) in [5.41, 5.74) is 2.08. The van der Waals surface area contributed by atoms with Gasteiger partial charge in [-0.2, -0.15) is 0 Å². The Morgan fingerprint density at radius 1 is 1.27 bits per heavy atom. The van der Waals surface area contributed by atoms with E-state index in [-0.39, 0.29) is 23.0 Å². The van der Waals surface area contributed by atoms with Gasteiger partial charge in [0, 0.05) is 4.88 Å². The fraction of sp³-hybridized carbons (Fsp3) is 0.565. The molecule has 1 fully saturated rings. The Hall–Kier alpha value is -2.12. The number of fused-ring (bicyclic) bond motifs is 1. The van der Waals surface area contributed by atoms with E-state index in [1.807, 2.05) is 4.90 Å². The molecule has 2 aromatic rings. The molecule has 4 rings (SSSR count). The number of nitrogens with zero attached hydrogens (tertiary/aromatic N) is 1. The largest absolute Gasteiger partial charge is 0.459 e. The number of thiophene rings is 1. The molecular formula is C23H32N3O3S+. The van der Waals surface area contributed by atoms with Crippen molar-refractivity contribution in [2.24, 2.45) is 11.3 Å². The van der Waals surface area contributed by atoms with E-state index >= 15 is 0 Å². The molecule has 0 bridgehead atoms. The van der Waals surface area contributed by atoms with Gasteiger partial charge in [-0.1, -0.05) is 20.8 Å². The monoisotopic (exact) mass is 430 g/mol. The third-order valence-electron chi connectivity index (χ3n) is 6.58. The number of carbonyl (C=O) groups excluding carboxylic acids is 2. The maximum absolute atomic E-state index is 13.6. The standard InChI is InChI=1S/C23H31N3O3S/c1-23(2,3)15-7-8-16-18(14-15)30-21(24-20(27)17-6-5-13-29-17)19(16)22(28)26-11-9-25(4)10-12-26/h5-6,13,15H,7-12,14H2,1-4H3,(H,24,27)/p+1/t15-/m0/s1. The van der Waals surface area contributed by atoms with Crippen LogP contribution in [0, 0.1) is 11.3 Å². The molecule has 0 spiro atoms. The van der Waals surface area contributed by atoms with Crippen LogP contribution in [0.15, 0.2) is 22.8 Å². The molecule has 1 aliphatic heterocycles. The highest BCUT2D eigenvalue weighted by Gasteiger charge is 2.36. The normalized spacial score (nSPS) is 20.1. The summed E-state index contributed by atoms with van der Waals surface area (Å²) in [6.45, 7) is 10.3. The predicted octanol–water partition coefficient (Wildman–Crippen LogP) is 2.71. The van der Waals surface area contributed by atoms with E-state index in [0.29, 0.717) is 16.5 Å². The third-order valence-corrected chi connectivity index (χ3v) is 7.75. The summed E-state index contributed by atoms with van der Waals surface area (Å²) in [5, 5.41) is 3.66. The van der Waals surface area contributed by atoms with Crippen LogP contribution in [0.4, 0.5) is 5.00 Å². The Morgan fingerprint density at radius 2 is 2.00 bits per heavy atom. The van der Waals surface area contributed by atoms with Gasteiger partial charge < -0.3 is 19.5 Å². The molecule has 1 atom stereocenters. The van der Waals surface area contributed by atoms with Crippen LogP contribution in [-0.2, 0) is 12.8 Å². The van der Waals surface area contributed by atoms with Crippen molar-refractivity contribution in [3.63, 3.8) is 0 Å². The van der Waals surface area contributed by atoms with Gasteiger partial charge >= 0.3 is 0 Å². The molecule has 2 N–H and O–H groups in total. The first-order valence-corrected chi connectivity index (χ1v) is 11.7. The molecule has 2 aromatic heterocycles. The molecule has 6 nitrogen and oxygen atoms in total. The van der Waals surface area contributed by atoms with Crippen LogP contribution in [0.5, 0.6) is 0 Å². The molecule has 30 heavy (non-hydrogen) atoms. The van der Waals surface area contributed by atoms with Crippen molar-refractivity contribution in [3.05, 3.63) is 40.2 Å². The fourth-order valence-electron chi connectivity index (χ4n) is 4.46. The lowest BCUT2D eigenvalue weighted by atomic mass is 9.72. The van der Waals surface area contributed by atoms with E-state index in [1.165, 1.54) is 16.0 Å². The minimum Gasteiger partial charge on any atom is -0.459 e. The topological polar surface area (TPSA) is 67.0 Å². The van der Waals surface area contributed by atoms with E-state index < -0.39 is 0 Å². The summed E-state index contributed by atoms with van der Waals surface area (Å²) >= 11 is 1.57. The van der Waals surface area contributed by atoms with Crippen molar-refractivity contribution in [2.45, 2.75) is 40.0 Å². The average Bonchev–Trinajstić information content (AvgIpc) is 3.34. The molecule has 2 amide bonds. The summed E-state index contributed by atoms with van der Waals surface area (Å²) in [4.78, 5) is 30.9. The lowest BCUT2D eigenvalue weighted by molar-refractivity contribution is -0.883. The van der Waals surface area contributed by atoms with Crippen LogP contribution in [0.1, 0.15) is 58.5 Å². The Balaban J connectivity index is 1.66. The van der Waals surface area contributed by atoms with Gasteiger partial charge in [-0.05, 0) is 48.3 Å². The number of rotatable bonds is 3. The van der Waals surface area contributed by atoms with Gasteiger partial charge in [0.25, 0.3) is 11.8 Å². The van der Waals surface area contributed by atoms with Crippen molar-refractivity contribution in [2.75, 3.05) is 38.5 Å². The van der Waals surface area contributed by atoms with Gasteiger partial charge in [0.15, 0.2) is 5.76 Å². The second-order valence-electron chi connectivity index (χ2n) is 9.69. The van der Waals surface area contributed by atoms with Gasteiger partial charge in [0.2, 0.25) is 0 Å². The van der Waals surface area contributed by atoms with Crippen molar-refractivity contribution < 1.29 is 18.9 Å².